The molecule has 102 valence electrons. The monoisotopic (exact) mass is 259 g/mol. The number of fused-ring (bicyclic) bond motifs is 1. The van der Waals surface area contributed by atoms with E-state index in [4.69, 9.17) is 10.8 Å². The van der Waals surface area contributed by atoms with Gasteiger partial charge in [-0.1, -0.05) is 56.2 Å². The van der Waals surface area contributed by atoms with Gasteiger partial charge in [0.15, 0.2) is 0 Å². The molecule has 2 aromatic carbocycles. The van der Waals surface area contributed by atoms with Crippen LogP contribution >= 0.6 is 0 Å². The van der Waals surface area contributed by atoms with Crippen LogP contribution in [0, 0.1) is 0 Å². The van der Waals surface area contributed by atoms with E-state index in [0.717, 1.165) is 30.3 Å². The van der Waals surface area contributed by atoms with Gasteiger partial charge in [-0.3, -0.25) is 4.79 Å². The molecule has 0 fully saturated rings. The van der Waals surface area contributed by atoms with E-state index in [-0.39, 0.29) is 0 Å². The van der Waals surface area contributed by atoms with Gasteiger partial charge in [-0.15, -0.1) is 0 Å². The fourth-order valence-electron chi connectivity index (χ4n) is 1.78. The highest BCUT2D eigenvalue weighted by Gasteiger charge is 1.93. The predicted molar refractivity (Wildman–Crippen MR) is 80.1 cm³/mol. The van der Waals surface area contributed by atoms with Crippen molar-refractivity contribution in [3.63, 3.8) is 0 Å². The summed E-state index contributed by atoms with van der Waals surface area (Å²) in [6, 6.07) is 14.1. The summed E-state index contributed by atoms with van der Waals surface area (Å²) in [5.74, 6) is -0.682. The highest BCUT2D eigenvalue weighted by atomic mass is 16.4. The highest BCUT2D eigenvalue weighted by molar-refractivity contribution is 5.92. The third kappa shape index (κ3) is 5.42. The Kier molecular flexibility index (Phi) is 6.44. The summed E-state index contributed by atoms with van der Waals surface area (Å²) >= 11 is 0. The van der Waals surface area contributed by atoms with E-state index in [1.54, 1.807) is 0 Å². The van der Waals surface area contributed by atoms with Gasteiger partial charge in [0.2, 0.25) is 0 Å². The molecule has 0 saturated carbocycles. The minimum absolute atomic E-state index is 0.327. The van der Waals surface area contributed by atoms with Gasteiger partial charge in [0, 0.05) is 17.5 Å². The van der Waals surface area contributed by atoms with E-state index < -0.39 is 5.97 Å². The van der Waals surface area contributed by atoms with E-state index in [9.17, 15) is 4.79 Å². The fraction of sp³-hybridized carbons (Fsp3) is 0.312. The summed E-state index contributed by atoms with van der Waals surface area (Å²) < 4.78 is 0. The van der Waals surface area contributed by atoms with E-state index in [1.165, 1.54) is 5.39 Å². The maximum atomic E-state index is 9.87. The van der Waals surface area contributed by atoms with Crippen LogP contribution in [0.25, 0.3) is 10.8 Å². The lowest BCUT2D eigenvalue weighted by molar-refractivity contribution is -0.137. The van der Waals surface area contributed by atoms with E-state index in [1.807, 2.05) is 30.3 Å². The number of aliphatic carboxylic acids is 1. The molecule has 3 heteroatoms. The first kappa shape index (κ1) is 15.0. The molecule has 0 aliphatic rings. The van der Waals surface area contributed by atoms with Gasteiger partial charge < -0.3 is 10.8 Å². The third-order valence-electron chi connectivity index (χ3n) is 2.82. The topological polar surface area (TPSA) is 63.3 Å². The van der Waals surface area contributed by atoms with Crippen LogP contribution in [0.2, 0.25) is 0 Å². The van der Waals surface area contributed by atoms with E-state index in [2.05, 4.69) is 19.1 Å². The number of unbranched alkanes of at least 4 members (excludes halogenated alkanes) is 2. The first-order chi connectivity index (χ1) is 9.15. The van der Waals surface area contributed by atoms with Crippen LogP contribution in [0.1, 0.15) is 32.6 Å². The zero-order chi connectivity index (χ0) is 14.1. The first-order valence-corrected chi connectivity index (χ1v) is 6.60. The number of hydrogen-bond donors (Lipinski definition) is 2. The molecule has 0 radical (unpaired) electrons. The quantitative estimate of drug-likeness (QED) is 0.642. The van der Waals surface area contributed by atoms with Crippen LogP contribution in [-0.2, 0) is 4.79 Å². The number of carboxylic acid groups (broad SMARTS) is 1. The molecule has 0 aromatic heterocycles. The number of nitrogens with two attached hydrogens (primary N) is 1. The lowest BCUT2D eigenvalue weighted by Gasteiger charge is -1.98. The van der Waals surface area contributed by atoms with Crippen molar-refractivity contribution in [1.29, 1.82) is 0 Å². The van der Waals surface area contributed by atoms with Crippen LogP contribution in [0.4, 0.5) is 5.69 Å². The molecule has 0 aliphatic heterocycles. The first-order valence-electron chi connectivity index (χ1n) is 6.60. The van der Waals surface area contributed by atoms with Crippen molar-refractivity contribution in [2.75, 3.05) is 5.73 Å². The van der Waals surface area contributed by atoms with Crippen molar-refractivity contribution >= 4 is 22.4 Å². The van der Waals surface area contributed by atoms with Crippen LogP contribution in [-0.4, -0.2) is 11.1 Å². The second-order valence-electron chi connectivity index (χ2n) is 4.42. The summed E-state index contributed by atoms with van der Waals surface area (Å²) in [5.41, 5.74) is 6.61. The molecule has 0 unspecified atom stereocenters. The lowest BCUT2D eigenvalue weighted by Crippen LogP contribution is -1.92. The van der Waals surface area contributed by atoms with Gasteiger partial charge >= 0.3 is 5.97 Å². The number of nitrogen functional groups attached to an aromatic ring is 1. The molecule has 0 spiro atoms. The van der Waals surface area contributed by atoms with E-state index in [0.29, 0.717) is 6.42 Å². The van der Waals surface area contributed by atoms with Crippen LogP contribution in [0.3, 0.4) is 0 Å². The second kappa shape index (κ2) is 8.14. The minimum atomic E-state index is -0.682. The van der Waals surface area contributed by atoms with E-state index >= 15 is 0 Å². The summed E-state index contributed by atoms with van der Waals surface area (Å²) in [6.45, 7) is 2.06. The number of hydrogen-bond acceptors (Lipinski definition) is 2. The molecule has 2 rings (SSSR count). The number of anilines is 1. The van der Waals surface area contributed by atoms with Gasteiger partial charge in [-0.2, -0.15) is 0 Å². The zero-order valence-corrected chi connectivity index (χ0v) is 11.3. The zero-order valence-electron chi connectivity index (χ0n) is 11.3. The Labute approximate surface area is 114 Å². The Balaban J connectivity index is 0.000000203. The Hall–Kier alpha value is -2.03. The number of benzene rings is 2. The normalized spacial score (nSPS) is 9.74. The van der Waals surface area contributed by atoms with Crippen LogP contribution in [0.5, 0.6) is 0 Å². The maximum absolute atomic E-state index is 9.87. The molecule has 19 heavy (non-hydrogen) atoms. The molecule has 3 nitrogen and oxygen atoms in total. The van der Waals surface area contributed by atoms with Crippen molar-refractivity contribution in [2.45, 2.75) is 32.6 Å². The Morgan fingerprint density at radius 2 is 1.79 bits per heavy atom. The Morgan fingerprint density at radius 3 is 2.42 bits per heavy atom. The van der Waals surface area contributed by atoms with Gasteiger partial charge in [0.1, 0.15) is 0 Å². The minimum Gasteiger partial charge on any atom is -0.481 e. The Bertz CT molecular complexity index is 518. The smallest absolute Gasteiger partial charge is 0.303 e. The summed E-state index contributed by atoms with van der Waals surface area (Å²) in [5, 5.41) is 10.5. The molecule has 2 aromatic rings. The number of carboxylic acids is 1. The van der Waals surface area contributed by atoms with Crippen LogP contribution < -0.4 is 5.73 Å². The largest absolute Gasteiger partial charge is 0.481 e. The Morgan fingerprint density at radius 1 is 1.11 bits per heavy atom. The SMILES string of the molecule is CCCCCC(=O)O.Nc1cccc2ccccc12. The standard InChI is InChI=1S/C10H9N.C6H12O2/c11-10-7-3-5-8-4-1-2-6-9(8)10;1-2-3-4-5-6(7)8/h1-7H,11H2;2-5H2,1H3,(H,7,8). The molecule has 0 aliphatic carbocycles. The molecule has 0 atom stereocenters. The van der Waals surface area contributed by atoms with Crippen LogP contribution in [0.15, 0.2) is 42.5 Å². The van der Waals surface area contributed by atoms with Gasteiger partial charge in [0.05, 0.1) is 0 Å². The van der Waals surface area contributed by atoms with Crippen molar-refractivity contribution in [3.8, 4) is 0 Å². The molecule has 0 saturated heterocycles. The number of carbonyl (C=O) groups is 1. The third-order valence-corrected chi connectivity index (χ3v) is 2.82. The van der Waals surface area contributed by atoms with Crippen molar-refractivity contribution in [3.05, 3.63) is 42.5 Å². The molecular weight excluding hydrogens is 238 g/mol. The second-order valence-corrected chi connectivity index (χ2v) is 4.42. The van der Waals surface area contributed by atoms with Crippen molar-refractivity contribution < 1.29 is 9.90 Å². The van der Waals surface area contributed by atoms with Gasteiger partial charge in [0.25, 0.3) is 0 Å². The highest BCUT2D eigenvalue weighted by Crippen LogP contribution is 2.19. The van der Waals surface area contributed by atoms with Gasteiger partial charge in [-0.25, -0.2) is 0 Å². The summed E-state index contributed by atoms with van der Waals surface area (Å²) in [7, 11) is 0. The molecule has 0 heterocycles. The summed E-state index contributed by atoms with van der Waals surface area (Å²) in [4.78, 5) is 9.87. The maximum Gasteiger partial charge on any atom is 0.303 e. The van der Waals surface area contributed by atoms with Crippen molar-refractivity contribution in [1.82, 2.24) is 0 Å². The van der Waals surface area contributed by atoms with Crippen molar-refractivity contribution in [2.24, 2.45) is 0 Å². The molecular formula is C16H21NO2. The van der Waals surface area contributed by atoms with Gasteiger partial charge in [-0.05, 0) is 17.9 Å². The lowest BCUT2D eigenvalue weighted by atomic mass is 10.1. The molecule has 0 bridgehead atoms. The average molecular weight is 259 g/mol. The predicted octanol–water partition coefficient (Wildman–Crippen LogP) is 4.07. The fourth-order valence-corrected chi connectivity index (χ4v) is 1.78. The number of rotatable bonds is 4. The molecule has 0 amide bonds. The average Bonchev–Trinajstić information content (AvgIpc) is 2.40. The summed E-state index contributed by atoms with van der Waals surface area (Å²) in [6.07, 6.45) is 3.28. The molecule has 3 N–H and O–H groups in total.